The Balaban J connectivity index is 1.17. The normalized spacial score (nSPS) is 19.9. The number of nitrogens with one attached hydrogen (secondary N) is 4. The van der Waals surface area contributed by atoms with Crippen molar-refractivity contribution in [2.24, 2.45) is 0 Å². The van der Waals surface area contributed by atoms with Crippen LogP contribution in [0.25, 0.3) is 33.6 Å². The maximum atomic E-state index is 4.58. The maximum Gasteiger partial charge on any atom is 0.127 e. The minimum absolute atomic E-state index is 0.174. The van der Waals surface area contributed by atoms with Gasteiger partial charge in [-0.25, -0.2) is 9.97 Å². The summed E-state index contributed by atoms with van der Waals surface area (Å²) in [6, 6.07) is 17.6. The van der Waals surface area contributed by atoms with E-state index in [9.17, 15) is 0 Å². The molecule has 170 valence electrons. The molecule has 2 unspecified atom stereocenters. The lowest BCUT2D eigenvalue weighted by Gasteiger charge is -2.06. The highest BCUT2D eigenvalue weighted by Crippen LogP contribution is 2.28. The van der Waals surface area contributed by atoms with Gasteiger partial charge in [0.2, 0.25) is 0 Å². The summed E-state index contributed by atoms with van der Waals surface area (Å²) < 4.78 is 0. The van der Waals surface area contributed by atoms with Gasteiger partial charge in [0.1, 0.15) is 11.6 Å². The summed E-state index contributed by atoms with van der Waals surface area (Å²) in [5.74, 6) is 1.92. The Labute approximate surface area is 199 Å². The fourth-order valence-corrected chi connectivity index (χ4v) is 4.67. The Bertz CT molecular complexity index is 1260. The molecule has 6 rings (SSSR count). The molecule has 2 atom stereocenters. The number of aromatic amines is 2. The van der Waals surface area contributed by atoms with Gasteiger partial charge in [0.15, 0.2) is 0 Å². The average Bonchev–Trinajstić information content (AvgIpc) is 3.66. The van der Waals surface area contributed by atoms with Crippen molar-refractivity contribution < 1.29 is 0 Å². The summed E-state index contributed by atoms with van der Waals surface area (Å²) in [6.45, 7) is 6.12. The van der Waals surface area contributed by atoms with Crippen LogP contribution in [0.15, 0.2) is 84.2 Å². The molecule has 2 aliphatic rings. The first kappa shape index (κ1) is 20.8. The molecule has 0 amide bonds. The standard InChI is InChI=1S/C28H28N6/c1-17-11-23(29-13-17)27-31-15-25(33-27)21-7-3-19(4-8-21)20-5-9-22(10-6-20)26-16-32-28(34-26)24-12-18(2)14-30-24/h3-12,15-16,23-24,29-30H,13-14H2,1-2H3,(H,31,33)(H,32,34). The zero-order chi connectivity index (χ0) is 23.1. The van der Waals surface area contributed by atoms with Gasteiger partial charge in [0.05, 0.1) is 35.9 Å². The van der Waals surface area contributed by atoms with Crippen LogP contribution in [0.5, 0.6) is 0 Å². The molecule has 4 aromatic rings. The van der Waals surface area contributed by atoms with E-state index in [4.69, 9.17) is 0 Å². The topological polar surface area (TPSA) is 81.4 Å². The summed E-state index contributed by atoms with van der Waals surface area (Å²) in [7, 11) is 0. The van der Waals surface area contributed by atoms with Crippen molar-refractivity contribution in [2.45, 2.75) is 25.9 Å². The van der Waals surface area contributed by atoms with Crippen molar-refractivity contribution in [1.29, 1.82) is 0 Å². The van der Waals surface area contributed by atoms with E-state index in [-0.39, 0.29) is 12.1 Å². The van der Waals surface area contributed by atoms with Crippen LogP contribution in [0.2, 0.25) is 0 Å². The summed E-state index contributed by atoms with van der Waals surface area (Å²) >= 11 is 0. The first-order chi connectivity index (χ1) is 16.6. The molecule has 2 aromatic carbocycles. The van der Waals surface area contributed by atoms with E-state index < -0.39 is 0 Å². The van der Waals surface area contributed by atoms with Gasteiger partial charge in [-0.2, -0.15) is 0 Å². The molecule has 6 heteroatoms. The molecule has 0 fully saturated rings. The van der Waals surface area contributed by atoms with E-state index in [0.717, 1.165) is 47.3 Å². The minimum Gasteiger partial charge on any atom is -0.340 e. The molecular weight excluding hydrogens is 420 g/mol. The molecule has 4 heterocycles. The number of hydrogen-bond donors (Lipinski definition) is 4. The molecule has 0 spiro atoms. The highest BCUT2D eigenvalue weighted by atomic mass is 15.0. The summed E-state index contributed by atoms with van der Waals surface area (Å²) in [4.78, 5) is 16.1. The Morgan fingerprint density at radius 3 is 1.32 bits per heavy atom. The lowest BCUT2D eigenvalue weighted by atomic mass is 10.0. The van der Waals surface area contributed by atoms with Crippen molar-refractivity contribution in [1.82, 2.24) is 30.6 Å². The Morgan fingerprint density at radius 1 is 0.588 bits per heavy atom. The Morgan fingerprint density at radius 2 is 0.971 bits per heavy atom. The van der Waals surface area contributed by atoms with Crippen LogP contribution in [-0.4, -0.2) is 33.0 Å². The van der Waals surface area contributed by atoms with Crippen LogP contribution >= 0.6 is 0 Å². The zero-order valence-electron chi connectivity index (χ0n) is 19.4. The van der Waals surface area contributed by atoms with Crippen molar-refractivity contribution in [2.75, 3.05) is 13.1 Å². The number of aromatic nitrogens is 4. The van der Waals surface area contributed by atoms with E-state index in [1.54, 1.807) is 0 Å². The smallest absolute Gasteiger partial charge is 0.127 e. The molecular formula is C28H28N6. The monoisotopic (exact) mass is 448 g/mol. The average molecular weight is 449 g/mol. The Kier molecular flexibility index (Phi) is 5.24. The van der Waals surface area contributed by atoms with Crippen LogP contribution in [0.4, 0.5) is 0 Å². The third-order valence-corrected chi connectivity index (χ3v) is 6.61. The fraction of sp³-hybridized carbons (Fsp3) is 0.214. The second-order valence-electron chi connectivity index (χ2n) is 9.26. The van der Waals surface area contributed by atoms with E-state index in [0.29, 0.717) is 0 Å². The lowest BCUT2D eigenvalue weighted by molar-refractivity contribution is 0.673. The van der Waals surface area contributed by atoms with Crippen LogP contribution in [0.3, 0.4) is 0 Å². The largest absolute Gasteiger partial charge is 0.340 e. The lowest BCUT2D eigenvalue weighted by Crippen LogP contribution is -2.15. The fourth-order valence-electron chi connectivity index (χ4n) is 4.67. The van der Waals surface area contributed by atoms with E-state index in [1.807, 2.05) is 12.4 Å². The molecule has 0 radical (unpaired) electrons. The van der Waals surface area contributed by atoms with Crippen LogP contribution in [-0.2, 0) is 0 Å². The maximum absolute atomic E-state index is 4.58. The molecule has 0 saturated carbocycles. The number of imidazole rings is 2. The number of hydrogen-bond acceptors (Lipinski definition) is 4. The quantitative estimate of drug-likeness (QED) is 0.312. The predicted octanol–water partition coefficient (Wildman–Crippen LogP) is 5.32. The second-order valence-corrected chi connectivity index (χ2v) is 9.26. The predicted molar refractivity (Wildman–Crippen MR) is 136 cm³/mol. The molecule has 2 aromatic heterocycles. The summed E-state index contributed by atoms with van der Waals surface area (Å²) in [5, 5.41) is 6.91. The highest BCUT2D eigenvalue weighted by Gasteiger charge is 2.18. The number of nitrogens with zero attached hydrogens (tertiary/aromatic N) is 2. The van der Waals surface area contributed by atoms with Gasteiger partial charge in [-0.05, 0) is 36.1 Å². The van der Waals surface area contributed by atoms with Gasteiger partial charge in [-0.15, -0.1) is 0 Å². The Hall–Kier alpha value is -3.74. The second kappa shape index (κ2) is 8.56. The van der Waals surface area contributed by atoms with Crippen LogP contribution in [0, 0.1) is 0 Å². The van der Waals surface area contributed by atoms with Gasteiger partial charge < -0.3 is 20.6 Å². The zero-order valence-corrected chi connectivity index (χ0v) is 19.4. The SMILES string of the molecule is CC1=CC(c2ncc(-c3ccc(-c4ccc(-c5cnc(C6C=C(C)CN6)[nH]5)cc4)cc3)[nH]2)NC1. The molecule has 0 saturated heterocycles. The van der Waals surface area contributed by atoms with Crippen molar-refractivity contribution >= 4 is 0 Å². The first-order valence-electron chi connectivity index (χ1n) is 11.7. The van der Waals surface area contributed by atoms with Gasteiger partial charge in [-0.3, -0.25) is 0 Å². The van der Waals surface area contributed by atoms with Gasteiger partial charge in [0, 0.05) is 13.1 Å². The summed E-state index contributed by atoms with van der Waals surface area (Å²) in [5.41, 5.74) is 9.41. The first-order valence-corrected chi connectivity index (χ1v) is 11.7. The van der Waals surface area contributed by atoms with Crippen molar-refractivity contribution in [3.8, 4) is 33.6 Å². The van der Waals surface area contributed by atoms with Crippen LogP contribution in [0.1, 0.15) is 37.6 Å². The van der Waals surface area contributed by atoms with E-state index >= 15 is 0 Å². The molecule has 6 nitrogen and oxygen atoms in total. The molecule has 0 bridgehead atoms. The minimum atomic E-state index is 0.174. The van der Waals surface area contributed by atoms with Gasteiger partial charge in [0.25, 0.3) is 0 Å². The molecule has 4 N–H and O–H groups in total. The van der Waals surface area contributed by atoms with Gasteiger partial charge >= 0.3 is 0 Å². The van der Waals surface area contributed by atoms with Crippen molar-refractivity contribution in [3.63, 3.8) is 0 Å². The van der Waals surface area contributed by atoms with Gasteiger partial charge in [-0.1, -0.05) is 71.8 Å². The van der Waals surface area contributed by atoms with E-state index in [1.165, 1.54) is 22.3 Å². The van der Waals surface area contributed by atoms with Crippen LogP contribution < -0.4 is 10.6 Å². The molecule has 34 heavy (non-hydrogen) atoms. The van der Waals surface area contributed by atoms with Crippen molar-refractivity contribution in [3.05, 3.63) is 95.9 Å². The highest BCUT2D eigenvalue weighted by molar-refractivity contribution is 5.71. The molecule has 0 aliphatic carbocycles. The third-order valence-electron chi connectivity index (χ3n) is 6.61. The number of rotatable bonds is 5. The number of H-pyrrole nitrogens is 2. The third kappa shape index (κ3) is 4.02. The van der Waals surface area contributed by atoms with E-state index in [2.05, 4.69) is 105 Å². The number of benzene rings is 2. The molecule has 2 aliphatic heterocycles. The summed E-state index contributed by atoms with van der Waals surface area (Å²) in [6.07, 6.45) is 8.28.